The molecule has 2 unspecified atom stereocenters. The summed E-state index contributed by atoms with van der Waals surface area (Å²) in [5, 5.41) is 2.71. The number of unbranched alkanes of at least 4 members (excludes halogenated alkanes) is 3. The zero-order valence-electron chi connectivity index (χ0n) is 15.3. The lowest BCUT2D eigenvalue weighted by atomic mass is 10.0. The molecule has 0 saturated heterocycles. The fourth-order valence-electron chi connectivity index (χ4n) is 2.67. The van der Waals surface area contributed by atoms with Crippen molar-refractivity contribution in [2.24, 2.45) is 5.73 Å². The lowest BCUT2D eigenvalue weighted by molar-refractivity contribution is -0.107. The fourth-order valence-corrected chi connectivity index (χ4v) is 2.67. The van der Waals surface area contributed by atoms with Crippen molar-refractivity contribution in [3.8, 4) is 0 Å². The Labute approximate surface area is 141 Å². The lowest BCUT2D eigenvalue weighted by Gasteiger charge is -2.19. The highest BCUT2D eigenvalue weighted by molar-refractivity contribution is 5.71. The van der Waals surface area contributed by atoms with Crippen molar-refractivity contribution in [1.29, 1.82) is 0 Å². The van der Waals surface area contributed by atoms with Crippen LogP contribution in [0, 0.1) is 0 Å². The molecule has 138 valence electrons. The third-order valence-corrected chi connectivity index (χ3v) is 3.95. The fraction of sp³-hybridized carbons (Fsp3) is 0.941. The molecule has 6 heteroatoms. The van der Waals surface area contributed by atoms with Crippen molar-refractivity contribution in [3.05, 3.63) is 0 Å². The molecule has 3 N–H and O–H groups in total. The molecule has 0 aliphatic rings. The van der Waals surface area contributed by atoms with Crippen LogP contribution in [0.5, 0.6) is 0 Å². The summed E-state index contributed by atoms with van der Waals surface area (Å²) in [6.45, 7) is 4.72. The Morgan fingerprint density at radius 1 is 1.00 bits per heavy atom. The van der Waals surface area contributed by atoms with E-state index in [1.165, 1.54) is 12.8 Å². The van der Waals surface area contributed by atoms with E-state index in [0.717, 1.165) is 45.1 Å². The second kappa shape index (κ2) is 14.7. The zero-order chi connectivity index (χ0) is 17.5. The van der Waals surface area contributed by atoms with Gasteiger partial charge in [-0.05, 0) is 46.0 Å². The summed E-state index contributed by atoms with van der Waals surface area (Å²) >= 11 is 0. The molecule has 0 heterocycles. The van der Waals surface area contributed by atoms with E-state index in [1.807, 2.05) is 13.8 Å². The molecule has 0 aliphatic carbocycles. The van der Waals surface area contributed by atoms with Gasteiger partial charge in [0.2, 0.25) is 0 Å². The molecule has 23 heavy (non-hydrogen) atoms. The van der Waals surface area contributed by atoms with Gasteiger partial charge in [0.1, 0.15) is 0 Å². The van der Waals surface area contributed by atoms with Crippen LogP contribution in [-0.4, -0.2) is 45.3 Å². The van der Waals surface area contributed by atoms with Gasteiger partial charge in [0.05, 0.1) is 6.10 Å². The molecular formula is C17H36N2O4. The maximum atomic E-state index is 10.8. The number of carbonyl (C=O) groups is 1. The van der Waals surface area contributed by atoms with Crippen LogP contribution in [0.2, 0.25) is 0 Å². The molecule has 0 aliphatic heterocycles. The van der Waals surface area contributed by atoms with E-state index in [9.17, 15) is 4.79 Å². The first kappa shape index (κ1) is 22.1. The average molecular weight is 332 g/mol. The first-order valence-electron chi connectivity index (χ1n) is 8.76. The first-order valence-corrected chi connectivity index (χ1v) is 8.76. The third-order valence-electron chi connectivity index (χ3n) is 3.95. The van der Waals surface area contributed by atoms with Crippen molar-refractivity contribution in [1.82, 2.24) is 5.32 Å². The van der Waals surface area contributed by atoms with Gasteiger partial charge in [-0.2, -0.15) is 0 Å². The summed E-state index contributed by atoms with van der Waals surface area (Å²) in [5.41, 5.74) is 5.13. The molecule has 0 saturated carbocycles. The maximum absolute atomic E-state index is 10.8. The van der Waals surface area contributed by atoms with Crippen molar-refractivity contribution in [3.63, 3.8) is 0 Å². The monoisotopic (exact) mass is 332 g/mol. The number of hydrogen-bond acceptors (Lipinski definition) is 4. The van der Waals surface area contributed by atoms with Crippen molar-refractivity contribution < 1.29 is 19.0 Å². The van der Waals surface area contributed by atoms with E-state index in [4.69, 9.17) is 19.9 Å². The molecule has 0 spiro atoms. The minimum atomic E-state index is -0.462. The number of nitrogens with two attached hydrogens (primary N) is 1. The Bertz CT molecular complexity index is 286. The second-order valence-electron chi connectivity index (χ2n) is 5.96. The van der Waals surface area contributed by atoms with Gasteiger partial charge >= 0.3 is 6.03 Å². The minimum Gasteiger partial charge on any atom is -0.379 e. The predicted molar refractivity (Wildman–Crippen MR) is 92.3 cm³/mol. The molecule has 0 radical (unpaired) electrons. The summed E-state index contributed by atoms with van der Waals surface area (Å²) < 4.78 is 16.1. The lowest BCUT2D eigenvalue weighted by Crippen LogP contribution is -2.37. The summed E-state index contributed by atoms with van der Waals surface area (Å²) in [6.07, 6.45) is 8.68. The van der Waals surface area contributed by atoms with Crippen LogP contribution >= 0.6 is 0 Å². The van der Waals surface area contributed by atoms with E-state index >= 15 is 0 Å². The summed E-state index contributed by atoms with van der Waals surface area (Å²) in [7, 11) is 3.35. The van der Waals surface area contributed by atoms with Gasteiger partial charge in [0, 0.05) is 26.9 Å². The molecule has 6 nitrogen and oxygen atoms in total. The quantitative estimate of drug-likeness (QED) is 0.356. The van der Waals surface area contributed by atoms with Crippen LogP contribution in [0.4, 0.5) is 4.79 Å². The number of methoxy groups -OCH3 is 2. The van der Waals surface area contributed by atoms with Crippen LogP contribution in [-0.2, 0) is 14.2 Å². The summed E-state index contributed by atoms with van der Waals surface area (Å²) in [4.78, 5) is 10.8. The number of carbonyl (C=O) groups excluding carboxylic acids is 1. The van der Waals surface area contributed by atoms with Crippen LogP contribution < -0.4 is 11.1 Å². The van der Waals surface area contributed by atoms with Crippen molar-refractivity contribution in [2.45, 2.75) is 83.6 Å². The highest BCUT2D eigenvalue weighted by atomic mass is 16.7. The maximum Gasteiger partial charge on any atom is 0.312 e. The molecule has 0 rings (SSSR count). The number of ether oxygens (including phenoxy) is 3. The molecular weight excluding hydrogens is 296 g/mol. The second-order valence-corrected chi connectivity index (χ2v) is 5.96. The van der Waals surface area contributed by atoms with Gasteiger partial charge < -0.3 is 25.3 Å². The van der Waals surface area contributed by atoms with Gasteiger partial charge in [-0.25, -0.2) is 4.79 Å². The number of urea groups is 1. The van der Waals surface area contributed by atoms with E-state index in [-0.39, 0.29) is 18.4 Å². The smallest absolute Gasteiger partial charge is 0.312 e. The number of hydrogen-bond donors (Lipinski definition) is 2. The van der Waals surface area contributed by atoms with E-state index < -0.39 is 6.03 Å². The van der Waals surface area contributed by atoms with Gasteiger partial charge in [0.25, 0.3) is 0 Å². The Morgan fingerprint density at radius 3 is 2.13 bits per heavy atom. The number of nitrogens with one attached hydrogen (secondary N) is 1. The van der Waals surface area contributed by atoms with E-state index in [0.29, 0.717) is 0 Å². The average Bonchev–Trinajstić information content (AvgIpc) is 2.51. The van der Waals surface area contributed by atoms with Gasteiger partial charge in [0.15, 0.2) is 6.29 Å². The highest BCUT2D eigenvalue weighted by Crippen LogP contribution is 2.15. The molecule has 2 amide bonds. The Hall–Kier alpha value is -0.850. The largest absolute Gasteiger partial charge is 0.379 e. The van der Waals surface area contributed by atoms with Crippen molar-refractivity contribution in [2.75, 3.05) is 20.8 Å². The normalized spacial score (nSPS) is 14.0. The van der Waals surface area contributed by atoms with Crippen molar-refractivity contribution >= 4 is 6.03 Å². The molecule has 0 aromatic rings. The summed E-state index contributed by atoms with van der Waals surface area (Å²) in [6, 6.07) is -0.369. The molecule has 0 aromatic heterocycles. The highest BCUT2D eigenvalue weighted by Gasteiger charge is 2.12. The number of amides is 2. The third kappa shape index (κ3) is 13.3. The number of rotatable bonds is 15. The van der Waals surface area contributed by atoms with Gasteiger partial charge in [-0.15, -0.1) is 0 Å². The molecule has 2 atom stereocenters. The van der Waals surface area contributed by atoms with Crippen LogP contribution in [0.1, 0.15) is 65.2 Å². The minimum absolute atomic E-state index is 0.0783. The van der Waals surface area contributed by atoms with E-state index in [2.05, 4.69) is 5.32 Å². The molecule has 0 bridgehead atoms. The standard InChI is InChI=1S/C17H36N2O4/c1-5-23-15(13-12-14(2)19-17(18)20)10-8-6-7-9-11-16(21-3)22-4/h14-16H,5-13H2,1-4H3,(H3,18,19,20). The van der Waals surface area contributed by atoms with Gasteiger partial charge in [-0.1, -0.05) is 19.3 Å². The predicted octanol–water partition coefficient (Wildman–Crippen LogP) is 3.19. The van der Waals surface area contributed by atoms with E-state index in [1.54, 1.807) is 14.2 Å². The molecule has 0 aromatic carbocycles. The number of primary amides is 1. The van der Waals surface area contributed by atoms with Crippen LogP contribution in [0.25, 0.3) is 0 Å². The Kier molecular flexibility index (Phi) is 14.2. The zero-order valence-corrected chi connectivity index (χ0v) is 15.3. The van der Waals surface area contributed by atoms with Crippen LogP contribution in [0.15, 0.2) is 0 Å². The topological polar surface area (TPSA) is 82.8 Å². The summed E-state index contributed by atoms with van der Waals surface area (Å²) in [5.74, 6) is 0. The van der Waals surface area contributed by atoms with Gasteiger partial charge in [-0.3, -0.25) is 0 Å². The Morgan fingerprint density at radius 2 is 1.61 bits per heavy atom. The van der Waals surface area contributed by atoms with Crippen LogP contribution in [0.3, 0.4) is 0 Å². The molecule has 0 fully saturated rings. The Balaban J connectivity index is 3.77. The SMILES string of the molecule is CCOC(CCCCCCC(OC)OC)CCC(C)NC(N)=O. The first-order chi connectivity index (χ1) is 11.0.